The first-order valence-corrected chi connectivity index (χ1v) is 7.83. The molecule has 0 unspecified atom stereocenters. The highest BCUT2D eigenvalue weighted by atomic mass is 79.9. The molecule has 0 spiro atoms. The Bertz CT molecular complexity index is 611. The molecule has 0 saturated carbocycles. The maximum atomic E-state index is 12.1. The van der Waals surface area contributed by atoms with Crippen LogP contribution >= 0.6 is 15.9 Å². The van der Waals surface area contributed by atoms with Gasteiger partial charge in [0.1, 0.15) is 11.5 Å². The molecular weight excluding hydrogens is 346 g/mol. The number of hydrogen-bond donors (Lipinski definition) is 1. The number of nitrogens with one attached hydrogen (secondary N) is 1. The molecule has 4 nitrogen and oxygen atoms in total. The molecule has 22 heavy (non-hydrogen) atoms. The molecule has 116 valence electrons. The van der Waals surface area contributed by atoms with Crippen LogP contribution in [0, 0.1) is 0 Å². The minimum Gasteiger partial charge on any atom is -0.494 e. The highest BCUT2D eigenvalue weighted by Gasteiger charge is 2.14. The third-order valence-corrected chi connectivity index (χ3v) is 3.46. The van der Waals surface area contributed by atoms with Gasteiger partial charge in [0.25, 0.3) is 5.91 Å². The highest BCUT2D eigenvalue weighted by molar-refractivity contribution is 9.10. The lowest BCUT2D eigenvalue weighted by atomic mass is 10.2. The quantitative estimate of drug-likeness (QED) is 0.834. The van der Waals surface area contributed by atoms with E-state index >= 15 is 0 Å². The molecule has 2 aromatic rings. The number of benzene rings is 2. The fourth-order valence-corrected chi connectivity index (χ4v) is 2.08. The lowest BCUT2D eigenvalue weighted by Gasteiger charge is -2.15. The Morgan fingerprint density at radius 1 is 1.09 bits per heavy atom. The minimum atomic E-state index is -0.590. The van der Waals surface area contributed by atoms with Gasteiger partial charge in [-0.25, -0.2) is 0 Å². The zero-order chi connectivity index (χ0) is 15.9. The van der Waals surface area contributed by atoms with Crippen molar-refractivity contribution in [3.05, 3.63) is 53.0 Å². The molecule has 2 aromatic carbocycles. The van der Waals surface area contributed by atoms with Crippen LogP contribution in [-0.2, 0) is 4.79 Å². The van der Waals surface area contributed by atoms with Crippen molar-refractivity contribution in [3.8, 4) is 11.5 Å². The Kier molecular flexibility index (Phi) is 5.83. The Morgan fingerprint density at radius 3 is 2.27 bits per heavy atom. The maximum absolute atomic E-state index is 12.1. The van der Waals surface area contributed by atoms with Crippen molar-refractivity contribution in [3.63, 3.8) is 0 Å². The molecule has 0 saturated heterocycles. The van der Waals surface area contributed by atoms with Crippen molar-refractivity contribution in [1.82, 2.24) is 0 Å². The van der Waals surface area contributed by atoms with Crippen LogP contribution in [0.2, 0.25) is 0 Å². The van der Waals surface area contributed by atoms with Gasteiger partial charge in [0.05, 0.1) is 6.61 Å². The summed E-state index contributed by atoms with van der Waals surface area (Å²) in [6, 6.07) is 14.6. The van der Waals surface area contributed by atoms with Gasteiger partial charge in [-0.1, -0.05) is 15.9 Å². The molecule has 0 aliphatic carbocycles. The third-order valence-electron chi connectivity index (χ3n) is 2.93. The van der Waals surface area contributed by atoms with Gasteiger partial charge < -0.3 is 14.8 Å². The van der Waals surface area contributed by atoms with Crippen LogP contribution in [0.5, 0.6) is 11.5 Å². The van der Waals surface area contributed by atoms with Crippen molar-refractivity contribution in [2.24, 2.45) is 0 Å². The Balaban J connectivity index is 1.91. The summed E-state index contributed by atoms with van der Waals surface area (Å²) >= 11 is 3.36. The Hall–Kier alpha value is -2.01. The summed E-state index contributed by atoms with van der Waals surface area (Å²) in [5.41, 5.74) is 0.708. The van der Waals surface area contributed by atoms with E-state index in [0.717, 1.165) is 10.2 Å². The summed E-state index contributed by atoms with van der Waals surface area (Å²) < 4.78 is 11.9. The van der Waals surface area contributed by atoms with E-state index in [-0.39, 0.29) is 5.91 Å². The molecule has 0 heterocycles. The average Bonchev–Trinajstić information content (AvgIpc) is 2.51. The molecule has 0 bridgehead atoms. The first-order chi connectivity index (χ1) is 10.6. The number of carbonyl (C=O) groups excluding carboxylic acids is 1. The van der Waals surface area contributed by atoms with Gasteiger partial charge in [-0.15, -0.1) is 0 Å². The van der Waals surface area contributed by atoms with Crippen molar-refractivity contribution < 1.29 is 14.3 Å². The molecule has 1 amide bonds. The molecule has 0 aromatic heterocycles. The molecule has 0 aliphatic rings. The predicted molar refractivity (Wildman–Crippen MR) is 90.5 cm³/mol. The van der Waals surface area contributed by atoms with Gasteiger partial charge in [-0.3, -0.25) is 4.79 Å². The number of rotatable bonds is 6. The highest BCUT2D eigenvalue weighted by Crippen LogP contribution is 2.19. The van der Waals surface area contributed by atoms with E-state index in [9.17, 15) is 4.79 Å². The summed E-state index contributed by atoms with van der Waals surface area (Å²) in [5.74, 6) is 1.23. The molecular formula is C17H18BrNO3. The van der Waals surface area contributed by atoms with Crippen molar-refractivity contribution >= 4 is 27.5 Å². The van der Waals surface area contributed by atoms with Gasteiger partial charge in [0, 0.05) is 10.2 Å². The lowest BCUT2D eigenvalue weighted by Crippen LogP contribution is -2.30. The van der Waals surface area contributed by atoms with E-state index in [1.54, 1.807) is 19.1 Å². The van der Waals surface area contributed by atoms with E-state index in [0.29, 0.717) is 18.0 Å². The standard InChI is InChI=1S/C17H18BrNO3/c1-3-21-15-10-6-14(7-11-15)19-17(20)12(2)22-16-8-4-13(18)5-9-16/h4-12H,3H2,1-2H3,(H,19,20)/t12-/m1/s1. The van der Waals surface area contributed by atoms with Crippen LogP contribution in [0.1, 0.15) is 13.8 Å². The molecule has 1 atom stereocenters. The zero-order valence-electron chi connectivity index (χ0n) is 12.5. The average molecular weight is 364 g/mol. The Morgan fingerprint density at radius 2 is 1.68 bits per heavy atom. The maximum Gasteiger partial charge on any atom is 0.265 e. The summed E-state index contributed by atoms with van der Waals surface area (Å²) in [7, 11) is 0. The second-order valence-corrected chi connectivity index (χ2v) is 5.58. The van der Waals surface area contributed by atoms with Crippen molar-refractivity contribution in [2.45, 2.75) is 20.0 Å². The van der Waals surface area contributed by atoms with Gasteiger partial charge in [0.15, 0.2) is 6.10 Å². The normalized spacial score (nSPS) is 11.6. The largest absolute Gasteiger partial charge is 0.494 e. The van der Waals surface area contributed by atoms with Crippen LogP contribution in [0.4, 0.5) is 5.69 Å². The van der Waals surface area contributed by atoms with Crippen molar-refractivity contribution in [1.29, 1.82) is 0 Å². The molecule has 0 radical (unpaired) electrons. The molecule has 0 fully saturated rings. The van der Waals surface area contributed by atoms with Gasteiger partial charge in [-0.05, 0) is 62.4 Å². The van der Waals surface area contributed by atoms with Gasteiger partial charge in [-0.2, -0.15) is 0 Å². The molecule has 0 aliphatic heterocycles. The number of anilines is 1. The van der Waals surface area contributed by atoms with E-state index in [1.165, 1.54) is 0 Å². The Labute approximate surface area is 138 Å². The monoisotopic (exact) mass is 363 g/mol. The summed E-state index contributed by atoms with van der Waals surface area (Å²) in [5, 5.41) is 2.81. The lowest BCUT2D eigenvalue weighted by molar-refractivity contribution is -0.122. The summed E-state index contributed by atoms with van der Waals surface area (Å²) in [6.07, 6.45) is -0.590. The van der Waals surface area contributed by atoms with Crippen LogP contribution < -0.4 is 14.8 Å². The predicted octanol–water partition coefficient (Wildman–Crippen LogP) is 4.25. The number of halogens is 1. The van der Waals surface area contributed by atoms with Crippen LogP contribution in [0.15, 0.2) is 53.0 Å². The van der Waals surface area contributed by atoms with Crippen molar-refractivity contribution in [2.75, 3.05) is 11.9 Å². The van der Waals surface area contributed by atoms with E-state index in [4.69, 9.17) is 9.47 Å². The van der Waals surface area contributed by atoms with Crippen LogP contribution in [-0.4, -0.2) is 18.6 Å². The SMILES string of the molecule is CCOc1ccc(NC(=O)[C@@H](C)Oc2ccc(Br)cc2)cc1. The second-order valence-electron chi connectivity index (χ2n) is 4.66. The van der Waals surface area contributed by atoms with Crippen LogP contribution in [0.25, 0.3) is 0 Å². The zero-order valence-corrected chi connectivity index (χ0v) is 14.1. The minimum absolute atomic E-state index is 0.202. The number of amides is 1. The summed E-state index contributed by atoms with van der Waals surface area (Å²) in [6.45, 7) is 4.26. The fraction of sp³-hybridized carbons (Fsp3) is 0.235. The first-order valence-electron chi connectivity index (χ1n) is 7.04. The van der Waals surface area contributed by atoms with Gasteiger partial charge >= 0.3 is 0 Å². The molecule has 1 N–H and O–H groups in total. The first kappa shape index (κ1) is 16.4. The number of hydrogen-bond acceptors (Lipinski definition) is 3. The van der Waals surface area contributed by atoms with E-state index in [1.807, 2.05) is 43.3 Å². The van der Waals surface area contributed by atoms with E-state index < -0.39 is 6.10 Å². The smallest absolute Gasteiger partial charge is 0.265 e. The third kappa shape index (κ3) is 4.77. The van der Waals surface area contributed by atoms with Gasteiger partial charge in [0.2, 0.25) is 0 Å². The fourth-order valence-electron chi connectivity index (χ4n) is 1.82. The number of carbonyl (C=O) groups is 1. The topological polar surface area (TPSA) is 47.6 Å². The second kappa shape index (κ2) is 7.84. The molecule has 2 rings (SSSR count). The summed E-state index contributed by atoms with van der Waals surface area (Å²) in [4.78, 5) is 12.1. The molecule has 5 heteroatoms. The van der Waals surface area contributed by atoms with Crippen LogP contribution in [0.3, 0.4) is 0 Å². The number of ether oxygens (including phenoxy) is 2. The van der Waals surface area contributed by atoms with E-state index in [2.05, 4.69) is 21.2 Å².